The van der Waals surface area contributed by atoms with E-state index in [-0.39, 0.29) is 29.2 Å². The van der Waals surface area contributed by atoms with E-state index < -0.39 is 85.7 Å². The second-order valence-electron chi connectivity index (χ2n) is 10.2. The number of ketones is 1. The fourth-order valence-corrected chi connectivity index (χ4v) is 5.07. The Morgan fingerprint density at radius 1 is 0.878 bits per heavy atom. The number of hydrogen-bond acceptors (Lipinski definition) is 14. The number of Topliss-reactive ketones (excluding diaryl/α,β-unsaturated/α-hetero) is 1. The summed E-state index contributed by atoms with van der Waals surface area (Å²) in [6.07, 6.45) is -16.0. The topological polar surface area (TPSA) is 225 Å². The molecule has 14 heteroatoms. The Balaban J connectivity index is 1.41. The monoisotopic (exact) mass is 580 g/mol. The number of rotatable bonds is 6. The molecule has 0 radical (unpaired) electrons. The average Bonchev–Trinajstić information content (AvgIpc) is 2.94. The molecule has 3 heterocycles. The summed E-state index contributed by atoms with van der Waals surface area (Å²) in [5.41, 5.74) is 0.529. The maximum Gasteiger partial charge on any atom is 0.229 e. The number of carbonyl (C=O) groups excluding carboxylic acids is 1. The summed E-state index contributed by atoms with van der Waals surface area (Å²) < 4.78 is 28.6. The second-order valence-corrected chi connectivity index (χ2v) is 10.2. The molecule has 8 N–H and O–H groups in total. The highest BCUT2D eigenvalue weighted by Crippen LogP contribution is 2.43. The molecule has 41 heavy (non-hydrogen) atoms. The Kier molecular flexibility index (Phi) is 8.39. The summed E-state index contributed by atoms with van der Waals surface area (Å²) in [4.78, 5) is 12.9. The summed E-state index contributed by atoms with van der Waals surface area (Å²) in [5.74, 6) is -0.947. The Hall–Kier alpha value is -3.05. The first-order valence-electron chi connectivity index (χ1n) is 13.0. The van der Waals surface area contributed by atoms with Gasteiger partial charge in [0.15, 0.2) is 18.2 Å². The maximum absolute atomic E-state index is 12.9. The number of aromatic hydroxyl groups is 2. The summed E-state index contributed by atoms with van der Waals surface area (Å²) in [5, 5.41) is 81.6. The van der Waals surface area contributed by atoms with Crippen LogP contribution in [-0.2, 0) is 14.2 Å². The summed E-state index contributed by atoms with van der Waals surface area (Å²) >= 11 is 0. The number of aliphatic hydroxyl groups is 6. The van der Waals surface area contributed by atoms with Crippen molar-refractivity contribution in [3.63, 3.8) is 0 Å². The number of fused-ring (bicyclic) bond motifs is 1. The summed E-state index contributed by atoms with van der Waals surface area (Å²) in [7, 11) is 0. The molecule has 2 aromatic carbocycles. The van der Waals surface area contributed by atoms with Crippen molar-refractivity contribution in [1.82, 2.24) is 0 Å². The second kappa shape index (κ2) is 11.7. The van der Waals surface area contributed by atoms with Crippen molar-refractivity contribution in [2.45, 2.75) is 80.9 Å². The first-order chi connectivity index (χ1) is 19.5. The van der Waals surface area contributed by atoms with Gasteiger partial charge in [0, 0.05) is 12.1 Å². The van der Waals surface area contributed by atoms with Crippen LogP contribution < -0.4 is 9.47 Å². The van der Waals surface area contributed by atoms with E-state index in [2.05, 4.69) is 0 Å². The van der Waals surface area contributed by atoms with Crippen LogP contribution in [0.3, 0.4) is 0 Å². The smallest absolute Gasteiger partial charge is 0.229 e. The van der Waals surface area contributed by atoms with E-state index in [1.807, 2.05) is 0 Å². The van der Waals surface area contributed by atoms with Crippen molar-refractivity contribution in [2.75, 3.05) is 6.61 Å². The van der Waals surface area contributed by atoms with Crippen LogP contribution in [0.1, 0.15) is 35.4 Å². The van der Waals surface area contributed by atoms with Crippen molar-refractivity contribution in [3.8, 4) is 23.0 Å². The maximum atomic E-state index is 12.9. The molecule has 14 nitrogen and oxygen atoms in total. The van der Waals surface area contributed by atoms with Gasteiger partial charge in [-0.3, -0.25) is 4.79 Å². The first-order valence-corrected chi connectivity index (χ1v) is 13.0. The molecule has 0 saturated carbocycles. The molecule has 3 aliphatic rings. The molecule has 0 bridgehead atoms. The van der Waals surface area contributed by atoms with Gasteiger partial charge in [-0.2, -0.15) is 0 Å². The third-order valence-corrected chi connectivity index (χ3v) is 7.42. The zero-order valence-electron chi connectivity index (χ0n) is 21.8. The molecule has 0 spiro atoms. The Morgan fingerprint density at radius 2 is 1.59 bits per heavy atom. The zero-order chi connectivity index (χ0) is 29.6. The fourth-order valence-electron chi connectivity index (χ4n) is 5.07. The lowest BCUT2D eigenvalue weighted by Crippen LogP contribution is -2.64. The van der Waals surface area contributed by atoms with E-state index in [0.717, 1.165) is 6.07 Å². The molecule has 0 aromatic heterocycles. The van der Waals surface area contributed by atoms with Crippen LogP contribution >= 0.6 is 0 Å². The summed E-state index contributed by atoms with van der Waals surface area (Å²) in [6.45, 7) is 0.716. The van der Waals surface area contributed by atoms with Crippen LogP contribution in [0.4, 0.5) is 0 Å². The Morgan fingerprint density at radius 3 is 2.27 bits per heavy atom. The largest absolute Gasteiger partial charge is 0.508 e. The molecule has 4 unspecified atom stereocenters. The van der Waals surface area contributed by atoms with Crippen molar-refractivity contribution >= 4 is 5.78 Å². The molecule has 224 valence electrons. The molecule has 2 aromatic rings. The molecule has 11 atom stereocenters. The van der Waals surface area contributed by atoms with Gasteiger partial charge in [0.25, 0.3) is 0 Å². The minimum Gasteiger partial charge on any atom is -0.508 e. The molecule has 5 rings (SSSR count). The number of hydrogen-bond donors (Lipinski definition) is 8. The van der Waals surface area contributed by atoms with Crippen molar-refractivity contribution in [1.29, 1.82) is 0 Å². The van der Waals surface area contributed by atoms with Crippen LogP contribution in [0.5, 0.6) is 23.0 Å². The van der Waals surface area contributed by atoms with Crippen molar-refractivity contribution in [3.05, 3.63) is 47.5 Å². The molecule has 0 aliphatic carbocycles. The minimum absolute atomic E-state index is 0.0149. The van der Waals surface area contributed by atoms with Gasteiger partial charge in [-0.1, -0.05) is 12.1 Å². The lowest BCUT2D eigenvalue weighted by atomic mass is 9.95. The number of ether oxygens (including phenoxy) is 5. The van der Waals surface area contributed by atoms with Crippen LogP contribution in [-0.4, -0.2) is 115 Å². The van der Waals surface area contributed by atoms with Crippen LogP contribution in [0, 0.1) is 0 Å². The molecule has 0 amide bonds. The number of benzene rings is 2. The van der Waals surface area contributed by atoms with E-state index >= 15 is 0 Å². The number of carbonyl (C=O) groups is 1. The molecule has 3 aliphatic heterocycles. The van der Waals surface area contributed by atoms with E-state index in [1.54, 1.807) is 12.1 Å². The summed E-state index contributed by atoms with van der Waals surface area (Å²) in [6, 6.07) is 8.50. The lowest BCUT2D eigenvalue weighted by molar-refractivity contribution is -0.354. The highest BCUT2D eigenvalue weighted by Gasteiger charge is 2.51. The normalized spacial score (nSPS) is 37.2. The predicted octanol–water partition coefficient (Wildman–Crippen LogP) is -1.17. The van der Waals surface area contributed by atoms with E-state index in [1.165, 1.54) is 25.1 Å². The standard InChI is InChI=1S/C27H32O14/c1-10-20(32)22(34)24(36)26(37-10)41-25-23(35)21(33)18(9-28)40-27(25)38-13-6-14(30)19-15(31)8-16(39-17(19)7-13)11-2-4-12(29)5-3-11/h2-7,10,16,18,20-30,32-36H,8-9H2,1H3/t10-,16-,18?,20-,21+,22?,23-,24+,25?,26?,27+/m0/s1. The molecular weight excluding hydrogens is 548 g/mol. The molecule has 2 fully saturated rings. The quantitative estimate of drug-likeness (QED) is 0.202. The SMILES string of the molecule is C[C@@H]1OC(OC2[C@H](Oc3cc(O)c4c(c3)O[C@H](c3ccc(O)cc3)CC4=O)OC(CO)[C@@H](O)[C@@H]2O)[C@H](O)C(O)[C@H]1O. The third kappa shape index (κ3) is 5.70. The number of phenols is 2. The Labute approximate surface area is 233 Å². The van der Waals surface area contributed by atoms with Gasteiger partial charge in [0.05, 0.1) is 19.1 Å². The van der Waals surface area contributed by atoms with Crippen molar-refractivity contribution < 1.29 is 69.3 Å². The van der Waals surface area contributed by atoms with Gasteiger partial charge in [-0.25, -0.2) is 0 Å². The van der Waals surface area contributed by atoms with Gasteiger partial charge < -0.3 is 64.5 Å². The van der Waals surface area contributed by atoms with E-state index in [9.17, 15) is 45.6 Å². The van der Waals surface area contributed by atoms with Crippen LogP contribution in [0.25, 0.3) is 0 Å². The Bertz CT molecular complexity index is 1240. The van der Waals surface area contributed by atoms with Crippen LogP contribution in [0.15, 0.2) is 36.4 Å². The van der Waals surface area contributed by atoms with E-state index in [0.29, 0.717) is 5.56 Å². The number of phenolic OH excluding ortho intramolecular Hbond substituents is 2. The minimum atomic E-state index is -1.75. The number of aliphatic hydroxyl groups excluding tert-OH is 6. The molecular formula is C27H32O14. The third-order valence-electron chi connectivity index (χ3n) is 7.42. The highest BCUT2D eigenvalue weighted by molar-refractivity contribution is 6.02. The van der Waals surface area contributed by atoms with Gasteiger partial charge in [0.1, 0.15) is 71.3 Å². The first kappa shape index (κ1) is 29.4. The fraction of sp³-hybridized carbons (Fsp3) is 0.519. The van der Waals surface area contributed by atoms with E-state index in [4.69, 9.17) is 23.7 Å². The van der Waals surface area contributed by atoms with Crippen LogP contribution in [0.2, 0.25) is 0 Å². The van der Waals surface area contributed by atoms with Gasteiger partial charge in [-0.15, -0.1) is 0 Å². The zero-order valence-corrected chi connectivity index (χ0v) is 21.8. The lowest BCUT2D eigenvalue weighted by Gasteiger charge is -2.45. The average molecular weight is 581 g/mol. The van der Waals surface area contributed by atoms with Gasteiger partial charge >= 0.3 is 0 Å². The van der Waals surface area contributed by atoms with Gasteiger partial charge in [0.2, 0.25) is 6.29 Å². The predicted molar refractivity (Wildman–Crippen MR) is 134 cm³/mol. The molecule has 2 saturated heterocycles. The van der Waals surface area contributed by atoms with Crippen molar-refractivity contribution in [2.24, 2.45) is 0 Å². The highest BCUT2D eigenvalue weighted by atomic mass is 16.8. The van der Waals surface area contributed by atoms with Gasteiger partial charge in [-0.05, 0) is 24.6 Å².